The molecule has 1 aliphatic rings. The first-order valence-electron chi connectivity index (χ1n) is 6.89. The second kappa shape index (κ2) is 8.12. The molecular formula is C13H24N2O4. The third-order valence-corrected chi connectivity index (χ3v) is 3.49. The largest absolute Gasteiger partial charge is 0.481 e. The Kier molecular flexibility index (Phi) is 6.80. The highest BCUT2D eigenvalue weighted by atomic mass is 16.5. The maximum atomic E-state index is 12.1. The van der Waals surface area contributed by atoms with Crippen LogP contribution in [0.2, 0.25) is 0 Å². The van der Waals surface area contributed by atoms with Crippen LogP contribution in [0, 0.1) is 11.8 Å². The molecule has 1 amide bonds. The number of ether oxygens (including phenoxy) is 1. The molecule has 6 nitrogen and oxygen atoms in total. The number of likely N-dealkylation sites (N-methyl/N-ethyl adjacent to an activating group) is 1. The fourth-order valence-corrected chi connectivity index (χ4v) is 2.26. The molecule has 110 valence electrons. The van der Waals surface area contributed by atoms with Crippen molar-refractivity contribution in [2.45, 2.75) is 32.7 Å². The average Bonchev–Trinajstić information content (AvgIpc) is 2.82. The third kappa shape index (κ3) is 5.16. The Balaban J connectivity index is 2.39. The fourth-order valence-electron chi connectivity index (χ4n) is 2.26. The van der Waals surface area contributed by atoms with Gasteiger partial charge in [-0.2, -0.15) is 0 Å². The number of hydrogen-bond donors (Lipinski definition) is 3. The molecule has 19 heavy (non-hydrogen) atoms. The van der Waals surface area contributed by atoms with Gasteiger partial charge in [0.1, 0.15) is 0 Å². The first-order chi connectivity index (χ1) is 9.08. The molecule has 3 atom stereocenters. The van der Waals surface area contributed by atoms with Crippen LogP contribution in [0.4, 0.5) is 0 Å². The second-order valence-corrected chi connectivity index (χ2v) is 4.93. The van der Waals surface area contributed by atoms with Crippen molar-refractivity contribution in [1.82, 2.24) is 10.6 Å². The highest BCUT2D eigenvalue weighted by Crippen LogP contribution is 2.14. The van der Waals surface area contributed by atoms with Crippen molar-refractivity contribution in [3.8, 4) is 0 Å². The molecule has 3 N–H and O–H groups in total. The molecule has 0 bridgehead atoms. The molecular weight excluding hydrogens is 248 g/mol. The molecule has 0 aromatic heterocycles. The zero-order valence-corrected chi connectivity index (χ0v) is 11.6. The number of rotatable bonds is 8. The molecule has 1 aliphatic heterocycles. The highest BCUT2D eigenvalue weighted by molar-refractivity contribution is 5.80. The molecule has 1 fully saturated rings. The Morgan fingerprint density at radius 2 is 2.11 bits per heavy atom. The van der Waals surface area contributed by atoms with E-state index < -0.39 is 5.97 Å². The van der Waals surface area contributed by atoms with Crippen LogP contribution in [0.5, 0.6) is 0 Å². The highest BCUT2D eigenvalue weighted by Gasteiger charge is 2.33. The Bertz CT molecular complexity index is 309. The van der Waals surface area contributed by atoms with Crippen molar-refractivity contribution >= 4 is 11.9 Å². The monoisotopic (exact) mass is 272 g/mol. The van der Waals surface area contributed by atoms with Gasteiger partial charge in [-0.1, -0.05) is 20.3 Å². The Morgan fingerprint density at radius 1 is 1.37 bits per heavy atom. The van der Waals surface area contributed by atoms with Crippen LogP contribution in [-0.4, -0.2) is 49.3 Å². The van der Waals surface area contributed by atoms with E-state index in [1.807, 2.05) is 13.8 Å². The molecule has 3 unspecified atom stereocenters. The SMILES string of the molecule is CCNC1COCC1C(=O)NCC(CC)CC(=O)O. The van der Waals surface area contributed by atoms with Gasteiger partial charge >= 0.3 is 5.97 Å². The standard InChI is InChI=1S/C13H24N2O4/c1-3-9(5-12(16)17)6-15-13(18)10-7-19-8-11(10)14-4-2/h9-11,14H,3-8H2,1-2H3,(H,15,18)(H,16,17). The summed E-state index contributed by atoms with van der Waals surface area (Å²) in [6, 6.07) is 0.0598. The quantitative estimate of drug-likeness (QED) is 0.588. The van der Waals surface area contributed by atoms with Crippen molar-refractivity contribution in [2.24, 2.45) is 11.8 Å². The molecule has 1 rings (SSSR count). The van der Waals surface area contributed by atoms with Crippen molar-refractivity contribution in [3.63, 3.8) is 0 Å². The molecule has 1 heterocycles. The van der Waals surface area contributed by atoms with Gasteiger partial charge in [0.25, 0.3) is 0 Å². The van der Waals surface area contributed by atoms with Crippen LogP contribution in [-0.2, 0) is 14.3 Å². The van der Waals surface area contributed by atoms with Crippen LogP contribution >= 0.6 is 0 Å². The number of hydrogen-bond acceptors (Lipinski definition) is 4. The van der Waals surface area contributed by atoms with Crippen molar-refractivity contribution in [3.05, 3.63) is 0 Å². The van der Waals surface area contributed by atoms with E-state index in [0.717, 1.165) is 13.0 Å². The predicted molar refractivity (Wildman–Crippen MR) is 70.8 cm³/mol. The maximum Gasteiger partial charge on any atom is 0.303 e. The van der Waals surface area contributed by atoms with Gasteiger partial charge in [0.05, 0.1) is 19.1 Å². The van der Waals surface area contributed by atoms with Gasteiger partial charge in [-0.3, -0.25) is 9.59 Å². The Morgan fingerprint density at radius 3 is 2.68 bits per heavy atom. The van der Waals surface area contributed by atoms with E-state index in [1.165, 1.54) is 0 Å². The van der Waals surface area contributed by atoms with E-state index in [-0.39, 0.29) is 30.2 Å². The topological polar surface area (TPSA) is 87.7 Å². The smallest absolute Gasteiger partial charge is 0.303 e. The van der Waals surface area contributed by atoms with Crippen molar-refractivity contribution in [2.75, 3.05) is 26.3 Å². The van der Waals surface area contributed by atoms with Crippen LogP contribution < -0.4 is 10.6 Å². The first kappa shape index (κ1) is 15.9. The molecule has 6 heteroatoms. The maximum absolute atomic E-state index is 12.1. The van der Waals surface area contributed by atoms with Gasteiger partial charge in [-0.15, -0.1) is 0 Å². The van der Waals surface area contributed by atoms with Crippen LogP contribution in [0.1, 0.15) is 26.7 Å². The third-order valence-electron chi connectivity index (χ3n) is 3.49. The lowest BCUT2D eigenvalue weighted by Gasteiger charge is -2.19. The van der Waals surface area contributed by atoms with Gasteiger partial charge in [0, 0.05) is 19.0 Å². The normalized spacial score (nSPS) is 24.1. The number of aliphatic carboxylic acids is 1. The van der Waals surface area contributed by atoms with E-state index in [4.69, 9.17) is 9.84 Å². The lowest BCUT2D eigenvalue weighted by molar-refractivity contribution is -0.138. The summed E-state index contributed by atoms with van der Waals surface area (Å²) >= 11 is 0. The number of nitrogens with one attached hydrogen (secondary N) is 2. The van der Waals surface area contributed by atoms with E-state index in [1.54, 1.807) is 0 Å². The van der Waals surface area contributed by atoms with E-state index >= 15 is 0 Å². The van der Waals surface area contributed by atoms with Crippen molar-refractivity contribution < 1.29 is 19.4 Å². The van der Waals surface area contributed by atoms with Gasteiger partial charge in [0.15, 0.2) is 0 Å². The number of carbonyl (C=O) groups is 2. The minimum absolute atomic E-state index is 0.0126. The van der Waals surface area contributed by atoms with Gasteiger partial charge in [-0.05, 0) is 12.5 Å². The molecule has 0 aromatic carbocycles. The van der Waals surface area contributed by atoms with E-state index in [2.05, 4.69) is 10.6 Å². The summed E-state index contributed by atoms with van der Waals surface area (Å²) in [7, 11) is 0. The summed E-state index contributed by atoms with van der Waals surface area (Å²) in [4.78, 5) is 22.7. The first-order valence-corrected chi connectivity index (χ1v) is 6.89. The summed E-state index contributed by atoms with van der Waals surface area (Å²) < 4.78 is 5.32. The summed E-state index contributed by atoms with van der Waals surface area (Å²) in [5.41, 5.74) is 0. The van der Waals surface area contributed by atoms with Crippen LogP contribution in [0.25, 0.3) is 0 Å². The van der Waals surface area contributed by atoms with Crippen molar-refractivity contribution in [1.29, 1.82) is 0 Å². The lowest BCUT2D eigenvalue weighted by Crippen LogP contribution is -2.45. The molecule has 0 spiro atoms. The van der Waals surface area contributed by atoms with Gasteiger partial charge < -0.3 is 20.5 Å². The average molecular weight is 272 g/mol. The molecule has 0 saturated carbocycles. The molecule has 0 aromatic rings. The number of carboxylic acids is 1. The summed E-state index contributed by atoms with van der Waals surface area (Å²) in [6.07, 6.45) is 0.832. The minimum Gasteiger partial charge on any atom is -0.481 e. The van der Waals surface area contributed by atoms with Crippen LogP contribution in [0.15, 0.2) is 0 Å². The summed E-state index contributed by atoms with van der Waals surface area (Å²) in [5.74, 6) is -1.06. The number of amides is 1. The Hall–Kier alpha value is -1.14. The van der Waals surface area contributed by atoms with E-state index in [0.29, 0.717) is 19.8 Å². The minimum atomic E-state index is -0.823. The van der Waals surface area contributed by atoms with Gasteiger partial charge in [-0.25, -0.2) is 0 Å². The number of carbonyl (C=O) groups excluding carboxylic acids is 1. The zero-order chi connectivity index (χ0) is 14.3. The molecule has 1 saturated heterocycles. The van der Waals surface area contributed by atoms with Gasteiger partial charge in [0.2, 0.25) is 5.91 Å². The van der Waals surface area contributed by atoms with E-state index in [9.17, 15) is 9.59 Å². The lowest BCUT2D eigenvalue weighted by atomic mass is 10.00. The second-order valence-electron chi connectivity index (χ2n) is 4.93. The number of carboxylic acid groups (broad SMARTS) is 1. The molecule has 0 aliphatic carbocycles. The molecule has 0 radical (unpaired) electrons. The zero-order valence-electron chi connectivity index (χ0n) is 11.6. The predicted octanol–water partition coefficient (Wildman–Crippen LogP) is 0.228. The Labute approximate surface area is 113 Å². The summed E-state index contributed by atoms with van der Waals surface area (Å²) in [6.45, 7) is 6.12. The van der Waals surface area contributed by atoms with Crippen LogP contribution in [0.3, 0.4) is 0 Å². The summed E-state index contributed by atoms with van der Waals surface area (Å²) in [5, 5.41) is 14.8. The fraction of sp³-hybridized carbons (Fsp3) is 0.846.